The highest BCUT2D eigenvalue weighted by atomic mass is 79.9. The van der Waals surface area contributed by atoms with Crippen molar-refractivity contribution in [3.05, 3.63) is 28.2 Å². The molecule has 84 valence electrons. The normalized spacial score (nSPS) is 12.5. The van der Waals surface area contributed by atoms with E-state index >= 15 is 0 Å². The van der Waals surface area contributed by atoms with Gasteiger partial charge in [-0.2, -0.15) is 0 Å². The zero-order chi connectivity index (χ0) is 11.4. The monoisotopic (exact) mass is 297 g/mol. The Morgan fingerprint density at radius 2 is 1.93 bits per heavy atom. The first-order chi connectivity index (χ1) is 7.04. The number of hydrogen-bond acceptors (Lipinski definition) is 1. The predicted molar refractivity (Wildman–Crippen MR) is 61.0 cm³/mol. The van der Waals surface area contributed by atoms with E-state index in [0.717, 1.165) is 12.1 Å². The third kappa shape index (κ3) is 3.53. The third-order valence-corrected chi connectivity index (χ3v) is 3.28. The van der Waals surface area contributed by atoms with Crippen molar-refractivity contribution >= 4 is 32.6 Å². The number of halogens is 3. The van der Waals surface area contributed by atoms with E-state index < -0.39 is 22.6 Å². The van der Waals surface area contributed by atoms with Crippen molar-refractivity contribution in [3.63, 3.8) is 0 Å². The molecule has 0 fully saturated rings. The van der Waals surface area contributed by atoms with E-state index in [1.165, 1.54) is 0 Å². The second-order valence-corrected chi connectivity index (χ2v) is 5.12. The quantitative estimate of drug-likeness (QED) is 0.908. The van der Waals surface area contributed by atoms with E-state index in [1.807, 2.05) is 6.92 Å². The molecule has 0 aromatic heterocycles. The van der Waals surface area contributed by atoms with Gasteiger partial charge in [0.05, 0.1) is 0 Å². The van der Waals surface area contributed by atoms with E-state index in [0.29, 0.717) is 16.6 Å². The average Bonchev–Trinajstić information content (AvgIpc) is 2.11. The van der Waals surface area contributed by atoms with Gasteiger partial charge in [-0.15, -0.1) is 0 Å². The third-order valence-electron chi connectivity index (χ3n) is 1.61. The topological polar surface area (TPSA) is 29.1 Å². The van der Waals surface area contributed by atoms with Gasteiger partial charge in [-0.3, -0.25) is 4.72 Å². The summed E-state index contributed by atoms with van der Waals surface area (Å²) in [5.74, 6) is -1.16. The van der Waals surface area contributed by atoms with E-state index in [-0.39, 0.29) is 5.69 Å². The molecule has 0 amide bonds. The molecular formula is C9H10BrF2NOS. The highest BCUT2D eigenvalue weighted by molar-refractivity contribution is 9.10. The molecule has 0 heterocycles. The van der Waals surface area contributed by atoms with Crippen molar-refractivity contribution in [2.24, 2.45) is 0 Å². The summed E-state index contributed by atoms with van der Waals surface area (Å²) >= 11 is 2.96. The van der Waals surface area contributed by atoms with E-state index in [2.05, 4.69) is 20.7 Å². The smallest absolute Gasteiger partial charge is 0.151 e. The van der Waals surface area contributed by atoms with Crippen molar-refractivity contribution in [1.29, 1.82) is 0 Å². The molecule has 6 heteroatoms. The summed E-state index contributed by atoms with van der Waals surface area (Å²) in [6.45, 7) is 1.84. The maximum atomic E-state index is 13.2. The van der Waals surface area contributed by atoms with Crippen LogP contribution in [-0.4, -0.2) is 9.96 Å². The molecule has 1 aromatic rings. The molecule has 0 spiro atoms. The first kappa shape index (κ1) is 12.6. The van der Waals surface area contributed by atoms with Gasteiger partial charge in [0.25, 0.3) is 0 Å². The summed E-state index contributed by atoms with van der Waals surface area (Å²) in [5, 5.41) is 0. The molecule has 1 atom stereocenters. The second kappa shape index (κ2) is 5.55. The van der Waals surface area contributed by atoms with Gasteiger partial charge in [0, 0.05) is 10.2 Å². The van der Waals surface area contributed by atoms with Gasteiger partial charge >= 0.3 is 0 Å². The Balaban J connectivity index is 2.90. The second-order valence-electron chi connectivity index (χ2n) is 2.90. The van der Waals surface area contributed by atoms with Crippen LogP contribution in [0.2, 0.25) is 0 Å². The highest BCUT2D eigenvalue weighted by Gasteiger charge is 2.12. The van der Waals surface area contributed by atoms with Crippen molar-refractivity contribution in [2.75, 3.05) is 10.5 Å². The fraction of sp³-hybridized carbons (Fsp3) is 0.333. The van der Waals surface area contributed by atoms with E-state index in [4.69, 9.17) is 0 Å². The number of benzene rings is 1. The van der Waals surface area contributed by atoms with Crippen LogP contribution in [0.1, 0.15) is 13.3 Å². The van der Waals surface area contributed by atoms with Gasteiger partial charge in [0.1, 0.15) is 16.7 Å². The fourth-order valence-corrected chi connectivity index (χ4v) is 2.29. The summed E-state index contributed by atoms with van der Waals surface area (Å²) in [6.07, 6.45) is 0.680. The van der Waals surface area contributed by atoms with Crippen molar-refractivity contribution in [2.45, 2.75) is 13.3 Å². The average molecular weight is 298 g/mol. The lowest BCUT2D eigenvalue weighted by molar-refractivity contribution is 0.589. The molecule has 0 aliphatic rings. The summed E-state index contributed by atoms with van der Waals surface area (Å²) < 4.78 is 40.4. The Bertz CT molecular complexity index is 363. The molecule has 1 aromatic carbocycles. The number of nitrogens with one attached hydrogen (secondary N) is 1. The molecule has 0 aliphatic carbocycles. The minimum absolute atomic E-state index is 0.310. The van der Waals surface area contributed by atoms with Crippen LogP contribution in [0, 0.1) is 11.6 Å². The molecule has 2 nitrogen and oxygen atoms in total. The zero-order valence-electron chi connectivity index (χ0n) is 8.02. The summed E-state index contributed by atoms with van der Waals surface area (Å²) in [5.41, 5.74) is -0.343. The van der Waals surface area contributed by atoms with Crippen molar-refractivity contribution in [3.8, 4) is 0 Å². The summed E-state index contributed by atoms with van der Waals surface area (Å²) in [4.78, 5) is 0. The lowest BCUT2D eigenvalue weighted by Crippen LogP contribution is -2.10. The molecule has 0 saturated carbocycles. The zero-order valence-corrected chi connectivity index (χ0v) is 10.4. The van der Waals surface area contributed by atoms with Gasteiger partial charge in [-0.25, -0.2) is 13.0 Å². The Morgan fingerprint density at radius 1 is 1.40 bits per heavy atom. The fourth-order valence-electron chi connectivity index (χ4n) is 0.990. The Morgan fingerprint density at radius 3 is 2.40 bits per heavy atom. The Hall–Kier alpha value is -0.490. The van der Waals surface area contributed by atoms with Crippen LogP contribution in [0.5, 0.6) is 0 Å². The molecule has 1 N–H and O–H groups in total. The van der Waals surface area contributed by atoms with Crippen LogP contribution in [0.25, 0.3) is 0 Å². The van der Waals surface area contributed by atoms with Crippen LogP contribution < -0.4 is 4.72 Å². The highest BCUT2D eigenvalue weighted by Crippen LogP contribution is 2.24. The van der Waals surface area contributed by atoms with Gasteiger partial charge in [-0.1, -0.05) is 22.9 Å². The molecule has 1 rings (SSSR count). The lowest BCUT2D eigenvalue weighted by atomic mass is 10.3. The van der Waals surface area contributed by atoms with Gasteiger partial charge < -0.3 is 0 Å². The molecule has 1 unspecified atom stereocenters. The predicted octanol–water partition coefficient (Wildman–Crippen LogP) is 3.21. The maximum Gasteiger partial charge on any atom is 0.151 e. The first-order valence-corrected chi connectivity index (χ1v) is 6.45. The number of anilines is 1. The molecule has 0 aliphatic heterocycles. The number of hydrogen-bond donors (Lipinski definition) is 1. The Labute approximate surface area is 97.8 Å². The van der Waals surface area contributed by atoms with E-state index in [1.54, 1.807) is 0 Å². The standard InChI is InChI=1S/C9H10BrF2NOS/c1-2-3-15(14)13-9-7(11)4-6(10)5-8(9)12/h4-5,13H,2-3H2,1H3. The minimum Gasteiger partial charge on any atom is -0.300 e. The van der Waals surface area contributed by atoms with Crippen LogP contribution in [0.4, 0.5) is 14.5 Å². The largest absolute Gasteiger partial charge is 0.300 e. The molecule has 15 heavy (non-hydrogen) atoms. The van der Waals surface area contributed by atoms with Crippen LogP contribution in [0.3, 0.4) is 0 Å². The number of rotatable bonds is 4. The molecule has 0 saturated heterocycles. The Kier molecular flexibility index (Phi) is 4.66. The van der Waals surface area contributed by atoms with Gasteiger partial charge in [0.2, 0.25) is 0 Å². The van der Waals surface area contributed by atoms with Gasteiger partial charge in [-0.05, 0) is 18.6 Å². The SMILES string of the molecule is CCCS(=O)Nc1c(F)cc(Br)cc1F. The maximum absolute atomic E-state index is 13.2. The molecular weight excluding hydrogens is 288 g/mol. The summed E-state index contributed by atoms with van der Waals surface area (Å²) in [6, 6.07) is 2.24. The van der Waals surface area contributed by atoms with E-state index in [9.17, 15) is 13.0 Å². The van der Waals surface area contributed by atoms with Crippen molar-refractivity contribution < 1.29 is 13.0 Å². The van der Waals surface area contributed by atoms with Crippen LogP contribution in [0.15, 0.2) is 16.6 Å². The summed E-state index contributed by atoms with van der Waals surface area (Å²) in [7, 11) is -1.44. The minimum atomic E-state index is -1.44. The molecule has 0 radical (unpaired) electrons. The van der Waals surface area contributed by atoms with Crippen molar-refractivity contribution in [1.82, 2.24) is 0 Å². The van der Waals surface area contributed by atoms with Gasteiger partial charge in [0.15, 0.2) is 11.6 Å². The first-order valence-electron chi connectivity index (χ1n) is 4.34. The van der Waals surface area contributed by atoms with Crippen LogP contribution >= 0.6 is 15.9 Å². The van der Waals surface area contributed by atoms with Crippen LogP contribution in [-0.2, 0) is 11.0 Å². The molecule has 0 bridgehead atoms. The lowest BCUT2D eigenvalue weighted by Gasteiger charge is -2.07.